The first-order valence-electron chi connectivity index (χ1n) is 9.71. The normalized spacial score (nSPS) is 18.7. The van der Waals surface area contributed by atoms with Gasteiger partial charge in [-0.1, -0.05) is 20.8 Å². The molecule has 2 unspecified atom stereocenters. The summed E-state index contributed by atoms with van der Waals surface area (Å²) in [6.07, 6.45) is 5.73. The van der Waals surface area contributed by atoms with Crippen molar-refractivity contribution in [1.82, 2.24) is 15.3 Å². The Morgan fingerprint density at radius 1 is 1.30 bits per heavy atom. The van der Waals surface area contributed by atoms with Gasteiger partial charge in [-0.15, -0.1) is 22.7 Å². The molecule has 2 heterocycles. The lowest BCUT2D eigenvalue weighted by molar-refractivity contribution is -0.118. The number of nitrogens with one attached hydrogen (secondary N) is 1. The molecule has 2 aromatic rings. The molecule has 27 heavy (non-hydrogen) atoms. The number of carbonyl (C=O) groups excluding carboxylic acids is 2. The Kier molecular flexibility index (Phi) is 6.76. The van der Waals surface area contributed by atoms with Gasteiger partial charge in [0, 0.05) is 35.8 Å². The molecule has 1 aliphatic carbocycles. The van der Waals surface area contributed by atoms with E-state index in [1.54, 1.807) is 28.9 Å². The van der Waals surface area contributed by atoms with E-state index in [4.69, 9.17) is 0 Å². The largest absolute Gasteiger partial charge is 0.351 e. The molecular weight excluding hydrogens is 378 g/mol. The lowest BCUT2D eigenvalue weighted by atomic mass is 10.1. The van der Waals surface area contributed by atoms with Crippen LogP contribution in [0.5, 0.6) is 0 Å². The van der Waals surface area contributed by atoms with Gasteiger partial charge in [0.25, 0.3) is 5.91 Å². The highest BCUT2D eigenvalue weighted by atomic mass is 32.1. The minimum Gasteiger partial charge on any atom is -0.351 e. The van der Waals surface area contributed by atoms with Gasteiger partial charge in [-0.3, -0.25) is 9.59 Å². The Hall–Kier alpha value is -1.60. The van der Waals surface area contributed by atoms with Gasteiger partial charge in [0.1, 0.15) is 11.5 Å². The van der Waals surface area contributed by atoms with Gasteiger partial charge in [-0.2, -0.15) is 0 Å². The maximum atomic E-state index is 12.8. The van der Waals surface area contributed by atoms with E-state index in [1.807, 2.05) is 12.3 Å². The Bertz CT molecular complexity index is 783. The number of rotatable bonds is 10. The topological polar surface area (TPSA) is 72.0 Å². The highest BCUT2D eigenvalue weighted by Gasteiger charge is 2.44. The summed E-state index contributed by atoms with van der Waals surface area (Å²) < 4.78 is 0. The molecule has 0 aliphatic heterocycles. The van der Waals surface area contributed by atoms with Gasteiger partial charge in [0.2, 0.25) is 0 Å². The van der Waals surface area contributed by atoms with Crippen molar-refractivity contribution in [2.75, 3.05) is 6.54 Å². The smallest absolute Gasteiger partial charge is 0.271 e. The molecular formula is C20H27N3O2S2. The minimum absolute atomic E-state index is 0.0970. The molecule has 2 aromatic heterocycles. The number of Topliss-reactive ketones (excluding diaryl/α,β-unsaturated/α-hetero) is 1. The van der Waals surface area contributed by atoms with Crippen molar-refractivity contribution in [3.63, 3.8) is 0 Å². The summed E-state index contributed by atoms with van der Waals surface area (Å²) in [6.45, 7) is 6.95. The zero-order valence-electron chi connectivity index (χ0n) is 16.2. The molecule has 7 heteroatoms. The zero-order chi connectivity index (χ0) is 19.4. The molecule has 1 N–H and O–H groups in total. The van der Waals surface area contributed by atoms with Crippen LogP contribution in [0.15, 0.2) is 11.6 Å². The molecule has 0 saturated heterocycles. The average molecular weight is 406 g/mol. The van der Waals surface area contributed by atoms with E-state index in [1.165, 1.54) is 0 Å². The van der Waals surface area contributed by atoms with E-state index in [2.05, 4.69) is 29.1 Å². The van der Waals surface area contributed by atoms with Crippen molar-refractivity contribution < 1.29 is 9.59 Å². The monoisotopic (exact) mass is 405 g/mol. The predicted octanol–water partition coefficient (Wildman–Crippen LogP) is 4.91. The summed E-state index contributed by atoms with van der Waals surface area (Å²) in [4.78, 5) is 34.2. The van der Waals surface area contributed by atoms with Crippen LogP contribution in [0.3, 0.4) is 0 Å². The fourth-order valence-corrected chi connectivity index (χ4v) is 5.26. The van der Waals surface area contributed by atoms with Gasteiger partial charge in [-0.05, 0) is 37.0 Å². The maximum absolute atomic E-state index is 12.8. The summed E-state index contributed by atoms with van der Waals surface area (Å²) >= 11 is 3.17. The van der Waals surface area contributed by atoms with Crippen LogP contribution in [-0.2, 0) is 4.79 Å². The predicted molar refractivity (Wildman–Crippen MR) is 110 cm³/mol. The van der Waals surface area contributed by atoms with E-state index >= 15 is 0 Å². The first kappa shape index (κ1) is 20.1. The van der Waals surface area contributed by atoms with Gasteiger partial charge in [-0.25, -0.2) is 9.97 Å². The highest BCUT2D eigenvalue weighted by Crippen LogP contribution is 2.54. The number of hydrogen-bond acceptors (Lipinski definition) is 6. The number of carbonyl (C=O) groups is 2. The number of aromatic nitrogens is 2. The van der Waals surface area contributed by atoms with E-state index in [0.29, 0.717) is 42.8 Å². The standard InChI is InChI=1S/C20H27N3O2S2/c1-4-13(24)7-5-6-8-21-18(25)16-17(15-11-14(15)12(2)3)27-20(23-16)19-22-9-10-26-19/h9-10,12,14-15H,4-8,11H2,1-3H3,(H,21,25). The molecule has 146 valence electrons. The average Bonchev–Trinajstić information content (AvgIpc) is 3.07. The third-order valence-electron chi connectivity index (χ3n) is 5.08. The van der Waals surface area contributed by atoms with Crippen LogP contribution in [-0.4, -0.2) is 28.2 Å². The molecule has 1 aliphatic rings. The molecule has 0 spiro atoms. The van der Waals surface area contributed by atoms with Gasteiger partial charge < -0.3 is 5.32 Å². The second-order valence-electron chi connectivity index (χ2n) is 7.42. The van der Waals surface area contributed by atoms with E-state index < -0.39 is 0 Å². The quantitative estimate of drug-likeness (QED) is 0.570. The summed E-state index contributed by atoms with van der Waals surface area (Å²) in [5, 5.41) is 6.64. The summed E-state index contributed by atoms with van der Waals surface area (Å²) in [5.74, 6) is 1.89. The molecule has 0 aromatic carbocycles. The third-order valence-corrected chi connectivity index (χ3v) is 7.18. The molecule has 1 fully saturated rings. The first-order valence-corrected chi connectivity index (χ1v) is 11.4. The number of ketones is 1. The lowest BCUT2D eigenvalue weighted by Gasteiger charge is -2.06. The Labute approximate surface area is 168 Å². The molecule has 1 amide bonds. The third kappa shape index (κ3) is 5.02. The van der Waals surface area contributed by atoms with Gasteiger partial charge >= 0.3 is 0 Å². The number of thiazole rings is 2. The Morgan fingerprint density at radius 3 is 2.74 bits per heavy atom. The fraction of sp³-hybridized carbons (Fsp3) is 0.600. The SMILES string of the molecule is CCC(=O)CCCCNC(=O)c1nc(-c2nccs2)sc1C1CC1C(C)C. The number of unbranched alkanes of at least 4 members (excludes halogenated alkanes) is 1. The summed E-state index contributed by atoms with van der Waals surface area (Å²) in [7, 11) is 0. The number of nitrogens with zero attached hydrogens (tertiary/aromatic N) is 2. The molecule has 1 saturated carbocycles. The second-order valence-corrected chi connectivity index (χ2v) is 9.35. The van der Waals surface area contributed by atoms with Crippen LogP contribution < -0.4 is 5.32 Å². The van der Waals surface area contributed by atoms with Crippen molar-refractivity contribution >= 4 is 34.4 Å². The van der Waals surface area contributed by atoms with Crippen molar-refractivity contribution in [2.45, 2.75) is 58.8 Å². The lowest BCUT2D eigenvalue weighted by Crippen LogP contribution is -2.25. The van der Waals surface area contributed by atoms with Crippen LogP contribution in [0, 0.1) is 11.8 Å². The molecule has 3 rings (SSSR count). The number of amides is 1. The molecule has 0 bridgehead atoms. The van der Waals surface area contributed by atoms with E-state index in [9.17, 15) is 9.59 Å². The zero-order valence-corrected chi connectivity index (χ0v) is 17.8. The fourth-order valence-electron chi connectivity index (χ4n) is 3.33. The molecule has 2 atom stereocenters. The number of hydrogen-bond donors (Lipinski definition) is 1. The van der Waals surface area contributed by atoms with Crippen molar-refractivity contribution in [2.24, 2.45) is 11.8 Å². The molecule has 0 radical (unpaired) electrons. The highest BCUT2D eigenvalue weighted by molar-refractivity contribution is 7.20. The summed E-state index contributed by atoms with van der Waals surface area (Å²) in [6, 6.07) is 0. The van der Waals surface area contributed by atoms with Crippen LogP contribution >= 0.6 is 22.7 Å². The van der Waals surface area contributed by atoms with Gasteiger partial charge in [0.05, 0.1) is 0 Å². The van der Waals surface area contributed by atoms with E-state index in [-0.39, 0.29) is 11.7 Å². The van der Waals surface area contributed by atoms with Crippen LogP contribution in [0.1, 0.15) is 74.2 Å². The van der Waals surface area contributed by atoms with Crippen molar-refractivity contribution in [3.8, 4) is 10.0 Å². The van der Waals surface area contributed by atoms with Crippen LogP contribution in [0.2, 0.25) is 0 Å². The van der Waals surface area contributed by atoms with E-state index in [0.717, 1.165) is 34.2 Å². The minimum atomic E-state index is -0.0970. The van der Waals surface area contributed by atoms with Crippen molar-refractivity contribution in [1.29, 1.82) is 0 Å². The second kappa shape index (κ2) is 9.06. The van der Waals surface area contributed by atoms with Crippen molar-refractivity contribution in [3.05, 3.63) is 22.1 Å². The Balaban J connectivity index is 1.66. The van der Waals surface area contributed by atoms with Gasteiger partial charge in [0.15, 0.2) is 10.0 Å². The Morgan fingerprint density at radius 2 is 2.11 bits per heavy atom. The first-order chi connectivity index (χ1) is 13.0. The summed E-state index contributed by atoms with van der Waals surface area (Å²) in [5.41, 5.74) is 0.572. The molecule has 5 nitrogen and oxygen atoms in total. The van der Waals surface area contributed by atoms with Crippen LogP contribution in [0.4, 0.5) is 0 Å². The maximum Gasteiger partial charge on any atom is 0.271 e. The van der Waals surface area contributed by atoms with Crippen LogP contribution in [0.25, 0.3) is 10.0 Å².